The molecule has 3 aliphatic carbocycles. The van der Waals surface area contributed by atoms with E-state index < -0.39 is 0 Å². The van der Waals surface area contributed by atoms with Gasteiger partial charge in [0.2, 0.25) is 6.71 Å². The maximum Gasteiger partial charge on any atom is 0.234 e. The third-order valence-corrected chi connectivity index (χ3v) is 11.1. The lowest BCUT2D eigenvalue weighted by Gasteiger charge is -2.42. The lowest BCUT2D eigenvalue weighted by molar-refractivity contribution is 0.250. The van der Waals surface area contributed by atoms with Crippen molar-refractivity contribution in [1.82, 2.24) is 4.57 Å². The van der Waals surface area contributed by atoms with E-state index in [1.165, 1.54) is 49.6 Å². The summed E-state index contributed by atoms with van der Waals surface area (Å²) in [6.07, 6.45) is 17.0. The number of anilines is 1. The number of allylic oxidation sites excluding steroid dienone is 4. The summed E-state index contributed by atoms with van der Waals surface area (Å²) in [6.45, 7) is 0.143. The van der Waals surface area contributed by atoms with Gasteiger partial charge in [-0.15, -0.1) is 0 Å². The first-order valence-corrected chi connectivity index (χ1v) is 16.9. The van der Waals surface area contributed by atoms with Gasteiger partial charge in [0.05, 0.1) is 16.9 Å². The molecule has 3 unspecified atom stereocenters. The second kappa shape index (κ2) is 9.55. The number of hydrogen-bond donors (Lipinski definition) is 0. The van der Waals surface area contributed by atoms with E-state index in [0.29, 0.717) is 6.04 Å². The fraction of sp³-hybridized carbons (Fsp3) is 0.143. The zero-order chi connectivity index (χ0) is 30.6. The monoisotopic (exact) mass is 606 g/mol. The Balaban J connectivity index is 1.21. The molecule has 3 atom stereocenters. The molecular weight excluding hydrogens is 575 g/mol. The first-order chi connectivity index (χ1) is 23.3. The van der Waals surface area contributed by atoms with E-state index in [9.17, 15) is 0 Å². The van der Waals surface area contributed by atoms with Crippen molar-refractivity contribution in [3.63, 3.8) is 0 Å². The summed E-state index contributed by atoms with van der Waals surface area (Å²) in [5.74, 6) is 2.92. The molecule has 0 spiro atoms. The van der Waals surface area contributed by atoms with Crippen LogP contribution in [0.5, 0.6) is 11.5 Å². The number of nitrogens with zero attached hydrogens (tertiary/aromatic N) is 2. The molecule has 0 amide bonds. The lowest BCUT2D eigenvalue weighted by Crippen LogP contribution is -2.60. The van der Waals surface area contributed by atoms with Crippen molar-refractivity contribution < 1.29 is 9.47 Å². The van der Waals surface area contributed by atoms with Crippen LogP contribution < -0.4 is 35.9 Å². The van der Waals surface area contributed by atoms with Crippen molar-refractivity contribution in [3.8, 4) is 17.2 Å². The first-order valence-electron chi connectivity index (χ1n) is 16.9. The molecule has 0 fully saturated rings. The van der Waals surface area contributed by atoms with Gasteiger partial charge in [-0.1, -0.05) is 85.0 Å². The molecule has 0 saturated heterocycles. The topological polar surface area (TPSA) is 26.6 Å². The number of hydrogen-bond acceptors (Lipinski definition) is 3. The largest absolute Gasteiger partial charge is 0.487 e. The molecule has 5 heteroatoms. The number of ether oxygens (including phenoxy) is 2. The van der Waals surface area contributed by atoms with Gasteiger partial charge in [-0.2, -0.15) is 0 Å². The minimum Gasteiger partial charge on any atom is -0.487 e. The van der Waals surface area contributed by atoms with Crippen LogP contribution in [0.15, 0.2) is 144 Å². The molecule has 6 aliphatic rings. The summed E-state index contributed by atoms with van der Waals surface area (Å²) in [6, 6.07) is 35.3. The zero-order valence-corrected chi connectivity index (χ0v) is 25.8. The molecule has 0 radical (unpaired) electrons. The number of para-hydroxylation sites is 3. The lowest BCUT2D eigenvalue weighted by atomic mass is 9.30. The predicted octanol–water partition coefficient (Wildman–Crippen LogP) is 6.04. The highest BCUT2D eigenvalue weighted by Gasteiger charge is 2.50. The van der Waals surface area contributed by atoms with Crippen molar-refractivity contribution in [2.75, 3.05) is 4.90 Å². The van der Waals surface area contributed by atoms with Gasteiger partial charge in [-0.05, 0) is 89.9 Å². The summed E-state index contributed by atoms with van der Waals surface area (Å²) in [4.78, 5) is 2.58. The quantitative estimate of drug-likeness (QED) is 0.229. The average molecular weight is 607 g/mol. The summed E-state index contributed by atoms with van der Waals surface area (Å²) in [5, 5.41) is 3.53. The minimum atomic E-state index is -0.138. The summed E-state index contributed by atoms with van der Waals surface area (Å²) in [5.41, 5.74) is 10.3. The molecule has 0 saturated carbocycles. The maximum atomic E-state index is 7.03. The van der Waals surface area contributed by atoms with E-state index in [1.807, 2.05) is 0 Å². The van der Waals surface area contributed by atoms with Crippen LogP contribution in [0.3, 0.4) is 0 Å². The summed E-state index contributed by atoms with van der Waals surface area (Å²) in [7, 11) is 0. The van der Waals surface area contributed by atoms with Crippen molar-refractivity contribution >= 4 is 46.1 Å². The van der Waals surface area contributed by atoms with Crippen molar-refractivity contribution in [2.24, 2.45) is 0 Å². The van der Waals surface area contributed by atoms with E-state index in [0.717, 1.165) is 47.6 Å². The van der Waals surface area contributed by atoms with E-state index in [2.05, 4.69) is 143 Å². The Morgan fingerprint density at radius 1 is 0.787 bits per heavy atom. The van der Waals surface area contributed by atoms with Gasteiger partial charge in [-0.3, -0.25) is 0 Å². The van der Waals surface area contributed by atoms with Gasteiger partial charge < -0.3 is 18.9 Å². The Bertz CT molecular complexity index is 2430. The number of aromatic nitrogens is 1. The number of benzene rings is 4. The number of fused-ring (bicyclic) bond motifs is 9. The third-order valence-electron chi connectivity index (χ3n) is 11.1. The number of rotatable bonds is 2. The van der Waals surface area contributed by atoms with Gasteiger partial charge >= 0.3 is 0 Å². The zero-order valence-electron chi connectivity index (χ0n) is 25.8. The Hall–Kier alpha value is -5.42. The van der Waals surface area contributed by atoms with E-state index in [4.69, 9.17) is 9.47 Å². The molecule has 4 heterocycles. The Morgan fingerprint density at radius 2 is 1.60 bits per heavy atom. The van der Waals surface area contributed by atoms with Gasteiger partial charge in [0.1, 0.15) is 23.4 Å². The van der Waals surface area contributed by atoms with Gasteiger partial charge in [0.15, 0.2) is 0 Å². The Labute approximate surface area is 273 Å². The molecule has 4 aromatic carbocycles. The van der Waals surface area contributed by atoms with E-state index >= 15 is 0 Å². The van der Waals surface area contributed by atoms with Crippen LogP contribution in [-0.4, -0.2) is 23.4 Å². The maximum absolute atomic E-state index is 7.03. The summed E-state index contributed by atoms with van der Waals surface area (Å²) < 4.78 is 16.3. The van der Waals surface area contributed by atoms with Crippen LogP contribution in [0.4, 0.5) is 5.69 Å². The van der Waals surface area contributed by atoms with Gasteiger partial charge in [0, 0.05) is 33.5 Å². The molecule has 0 N–H and O–H groups in total. The van der Waals surface area contributed by atoms with Crippen molar-refractivity contribution in [3.05, 3.63) is 155 Å². The Kier molecular flexibility index (Phi) is 5.23. The van der Waals surface area contributed by atoms with Crippen LogP contribution in [0.2, 0.25) is 5.82 Å². The van der Waals surface area contributed by atoms with Crippen LogP contribution in [0.25, 0.3) is 28.4 Å². The predicted molar refractivity (Wildman–Crippen MR) is 191 cm³/mol. The Morgan fingerprint density at radius 3 is 2.49 bits per heavy atom. The average Bonchev–Trinajstić information content (AvgIpc) is 3.64. The van der Waals surface area contributed by atoms with Crippen LogP contribution in [-0.2, 0) is 0 Å². The van der Waals surface area contributed by atoms with Crippen LogP contribution in [0.1, 0.15) is 19.3 Å². The normalized spacial score (nSPS) is 22.7. The third kappa shape index (κ3) is 3.49. The molecule has 224 valence electrons. The molecule has 11 rings (SSSR count). The van der Waals surface area contributed by atoms with Crippen LogP contribution >= 0.6 is 0 Å². The fourth-order valence-corrected chi connectivity index (χ4v) is 9.16. The highest BCUT2D eigenvalue weighted by molar-refractivity contribution is 6.89. The van der Waals surface area contributed by atoms with E-state index in [-0.39, 0.29) is 18.6 Å². The highest BCUT2D eigenvalue weighted by Crippen LogP contribution is 2.46. The van der Waals surface area contributed by atoms with Gasteiger partial charge in [0.25, 0.3) is 0 Å². The molecule has 1 aromatic heterocycles. The molecular formula is C42H31BN2O2. The van der Waals surface area contributed by atoms with Gasteiger partial charge in [-0.25, -0.2) is 0 Å². The highest BCUT2D eigenvalue weighted by atomic mass is 16.5. The fourth-order valence-electron chi connectivity index (χ4n) is 9.16. The first kappa shape index (κ1) is 25.7. The SMILES string of the molecule is C1=CCC2C(=C1)C1=C(C=CCC1)N2c1ccc2c3c(n(-c4ccccc4)c2c1)=C1Oc2ccccc2B2c4ccccc4OC(C=3)C21. The van der Waals surface area contributed by atoms with Crippen molar-refractivity contribution in [2.45, 2.75) is 37.2 Å². The molecule has 47 heavy (non-hydrogen) atoms. The molecule has 3 aliphatic heterocycles. The molecule has 4 nitrogen and oxygen atoms in total. The van der Waals surface area contributed by atoms with Crippen LogP contribution in [0, 0.1) is 0 Å². The second-order valence-corrected chi connectivity index (χ2v) is 13.4. The standard InChI is InChI=1S/C42H31BN2O2/c1-2-12-26(13-3-1)45-36-24-27(44-34-18-8-4-14-28(34)29-15-5-9-19-35(29)44)22-23-30(36)31-25-39-40-42(41(31)45)47-38-21-11-7-17-33(38)43(40)32-16-6-10-20-37(32)46-39/h1-4,6-14,16-17,19-25,34,39-40H,5,15,18H2. The molecule has 5 aromatic rings. The summed E-state index contributed by atoms with van der Waals surface area (Å²) >= 11 is 0. The van der Waals surface area contributed by atoms with E-state index in [1.54, 1.807) is 0 Å². The second-order valence-electron chi connectivity index (χ2n) is 13.4. The smallest absolute Gasteiger partial charge is 0.234 e. The van der Waals surface area contributed by atoms with Crippen molar-refractivity contribution in [1.29, 1.82) is 0 Å². The minimum absolute atomic E-state index is 0.0268. The molecule has 0 bridgehead atoms.